The fourth-order valence-corrected chi connectivity index (χ4v) is 5.48. The van der Waals surface area contributed by atoms with Crippen molar-refractivity contribution in [2.24, 2.45) is 5.92 Å². The number of aryl methyl sites for hydroxylation is 1. The standard InChI is InChI=1S/C31H39N3O6S/c1-24(2)21-29(32-31(36)40-22-26-13-8-5-9-14-26)30(35)34(20-10-15-25-11-6-4-7-12-25)23-41(37,38)33-27-16-18-28(39-3)19-17-27/h4-9,11-14,16-19,24,29,33H,10,15,20-23H2,1-3H3,(H,32,36)/t29-/m0/s1. The van der Waals surface area contributed by atoms with Crippen LogP contribution in [0.3, 0.4) is 0 Å². The third-order valence-electron chi connectivity index (χ3n) is 6.25. The quantitative estimate of drug-likeness (QED) is 0.255. The fraction of sp³-hybridized carbons (Fsp3) is 0.355. The van der Waals surface area contributed by atoms with E-state index in [-0.39, 0.29) is 19.1 Å². The summed E-state index contributed by atoms with van der Waals surface area (Å²) in [5, 5.41) is 2.67. The van der Waals surface area contributed by atoms with Gasteiger partial charge in [0.25, 0.3) is 10.0 Å². The van der Waals surface area contributed by atoms with Crippen molar-refractivity contribution < 1.29 is 27.5 Å². The highest BCUT2D eigenvalue weighted by atomic mass is 32.2. The van der Waals surface area contributed by atoms with Crippen LogP contribution in [-0.2, 0) is 32.6 Å². The van der Waals surface area contributed by atoms with Crippen LogP contribution in [0.25, 0.3) is 0 Å². The van der Waals surface area contributed by atoms with Gasteiger partial charge in [0, 0.05) is 12.2 Å². The van der Waals surface area contributed by atoms with Gasteiger partial charge in [-0.25, -0.2) is 13.2 Å². The van der Waals surface area contributed by atoms with Crippen LogP contribution in [0, 0.1) is 5.92 Å². The van der Waals surface area contributed by atoms with Crippen LogP contribution >= 0.6 is 0 Å². The first-order valence-corrected chi connectivity index (χ1v) is 15.2. The smallest absolute Gasteiger partial charge is 0.408 e. The normalized spacial score (nSPS) is 11.9. The second-order valence-electron chi connectivity index (χ2n) is 10.2. The van der Waals surface area contributed by atoms with Gasteiger partial charge in [-0.3, -0.25) is 9.52 Å². The summed E-state index contributed by atoms with van der Waals surface area (Å²) in [7, 11) is -2.43. The maximum absolute atomic E-state index is 13.8. The van der Waals surface area contributed by atoms with E-state index in [4.69, 9.17) is 9.47 Å². The van der Waals surface area contributed by atoms with Gasteiger partial charge in [-0.05, 0) is 60.6 Å². The third-order valence-corrected chi connectivity index (χ3v) is 7.45. The van der Waals surface area contributed by atoms with Gasteiger partial charge in [-0.1, -0.05) is 74.5 Å². The van der Waals surface area contributed by atoms with Crippen molar-refractivity contribution in [3.05, 3.63) is 96.1 Å². The summed E-state index contributed by atoms with van der Waals surface area (Å²) in [6.07, 6.45) is 0.787. The highest BCUT2D eigenvalue weighted by Crippen LogP contribution is 2.18. The molecule has 0 saturated carbocycles. The van der Waals surface area contributed by atoms with E-state index in [1.807, 2.05) is 74.5 Å². The van der Waals surface area contributed by atoms with Gasteiger partial charge in [-0.2, -0.15) is 0 Å². The van der Waals surface area contributed by atoms with Crippen molar-refractivity contribution in [2.45, 2.75) is 45.8 Å². The Bertz CT molecular complexity index is 1330. The van der Waals surface area contributed by atoms with Gasteiger partial charge in [0.1, 0.15) is 24.3 Å². The topological polar surface area (TPSA) is 114 Å². The Labute approximate surface area is 242 Å². The minimum atomic E-state index is -3.96. The number of carbonyl (C=O) groups excluding carboxylic acids is 2. The number of benzene rings is 3. The lowest BCUT2D eigenvalue weighted by molar-refractivity contribution is -0.133. The Morgan fingerprint density at radius 3 is 2.07 bits per heavy atom. The number of amides is 2. The van der Waals surface area contributed by atoms with Crippen LogP contribution in [0.15, 0.2) is 84.9 Å². The third kappa shape index (κ3) is 11.2. The van der Waals surface area contributed by atoms with Crippen LogP contribution in [0.2, 0.25) is 0 Å². The molecule has 10 heteroatoms. The maximum Gasteiger partial charge on any atom is 0.408 e. The van der Waals surface area contributed by atoms with Crippen LogP contribution in [0.4, 0.5) is 10.5 Å². The molecule has 3 aromatic carbocycles. The number of hydrogen-bond acceptors (Lipinski definition) is 6. The molecule has 0 spiro atoms. The highest BCUT2D eigenvalue weighted by Gasteiger charge is 2.30. The van der Waals surface area contributed by atoms with Crippen molar-refractivity contribution in [3.63, 3.8) is 0 Å². The highest BCUT2D eigenvalue weighted by molar-refractivity contribution is 7.92. The van der Waals surface area contributed by atoms with Crippen LogP contribution in [0.5, 0.6) is 5.75 Å². The van der Waals surface area contributed by atoms with E-state index in [9.17, 15) is 18.0 Å². The lowest BCUT2D eigenvalue weighted by Crippen LogP contribution is -2.51. The molecular formula is C31H39N3O6S. The maximum atomic E-state index is 13.8. The van der Waals surface area contributed by atoms with Crippen molar-refractivity contribution in [1.82, 2.24) is 10.2 Å². The SMILES string of the molecule is COc1ccc(NS(=O)(=O)CN(CCCc2ccccc2)C(=O)[C@H](CC(C)C)NC(=O)OCc2ccccc2)cc1. The van der Waals surface area contributed by atoms with E-state index >= 15 is 0 Å². The summed E-state index contributed by atoms with van der Waals surface area (Å²) in [6, 6.07) is 24.5. The molecule has 0 aliphatic heterocycles. The number of carbonyl (C=O) groups is 2. The Balaban J connectivity index is 1.74. The van der Waals surface area contributed by atoms with Gasteiger partial charge in [0.05, 0.1) is 7.11 Å². The first-order valence-electron chi connectivity index (χ1n) is 13.6. The molecule has 0 saturated heterocycles. The summed E-state index contributed by atoms with van der Waals surface area (Å²) in [5.41, 5.74) is 2.25. The molecule has 0 aliphatic rings. The number of anilines is 1. The molecule has 2 N–H and O–H groups in total. The molecule has 0 aromatic heterocycles. The molecule has 0 fully saturated rings. The van der Waals surface area contributed by atoms with Crippen LogP contribution < -0.4 is 14.8 Å². The van der Waals surface area contributed by atoms with Gasteiger partial charge in [0.15, 0.2) is 0 Å². The van der Waals surface area contributed by atoms with E-state index in [0.717, 1.165) is 11.1 Å². The number of hydrogen-bond donors (Lipinski definition) is 2. The molecule has 9 nitrogen and oxygen atoms in total. The summed E-state index contributed by atoms with van der Waals surface area (Å²) in [5.74, 6) is -0.406. The number of nitrogens with zero attached hydrogens (tertiary/aromatic N) is 1. The largest absolute Gasteiger partial charge is 0.497 e. The van der Waals surface area contributed by atoms with E-state index in [0.29, 0.717) is 30.7 Å². The molecule has 3 rings (SSSR count). The van der Waals surface area contributed by atoms with Gasteiger partial charge in [-0.15, -0.1) is 0 Å². The van der Waals surface area contributed by atoms with Crippen LogP contribution in [-0.4, -0.2) is 50.9 Å². The van der Waals surface area contributed by atoms with E-state index in [1.54, 1.807) is 24.3 Å². The molecule has 0 aliphatic carbocycles. The number of methoxy groups -OCH3 is 1. The van der Waals surface area contributed by atoms with Gasteiger partial charge >= 0.3 is 6.09 Å². The van der Waals surface area contributed by atoms with Crippen molar-refractivity contribution >= 4 is 27.7 Å². The molecule has 3 aromatic rings. The van der Waals surface area contributed by atoms with E-state index < -0.39 is 33.9 Å². The Kier molecular flexibility index (Phi) is 12.0. The molecule has 0 unspecified atom stereocenters. The van der Waals surface area contributed by atoms with Crippen molar-refractivity contribution in [1.29, 1.82) is 0 Å². The lowest BCUT2D eigenvalue weighted by Gasteiger charge is -2.28. The number of nitrogens with one attached hydrogen (secondary N) is 2. The van der Waals surface area contributed by atoms with Gasteiger partial charge in [0.2, 0.25) is 5.91 Å². The van der Waals surface area contributed by atoms with Crippen LogP contribution in [0.1, 0.15) is 37.8 Å². The lowest BCUT2D eigenvalue weighted by atomic mass is 10.0. The first kappa shape index (κ1) is 31.5. The van der Waals surface area contributed by atoms with Crippen molar-refractivity contribution in [2.75, 3.05) is 24.3 Å². The van der Waals surface area contributed by atoms with Crippen molar-refractivity contribution in [3.8, 4) is 5.75 Å². The number of rotatable bonds is 15. The van der Waals surface area contributed by atoms with E-state index in [2.05, 4.69) is 10.0 Å². The summed E-state index contributed by atoms with van der Waals surface area (Å²) < 4.78 is 39.4. The molecule has 41 heavy (non-hydrogen) atoms. The fourth-order valence-electron chi connectivity index (χ4n) is 4.25. The monoisotopic (exact) mass is 581 g/mol. The molecule has 2 amide bonds. The number of alkyl carbamates (subject to hydrolysis) is 1. The predicted molar refractivity (Wildman–Crippen MR) is 160 cm³/mol. The molecule has 0 radical (unpaired) electrons. The molecule has 0 heterocycles. The summed E-state index contributed by atoms with van der Waals surface area (Å²) in [4.78, 5) is 27.8. The Hall–Kier alpha value is -4.05. The van der Waals surface area contributed by atoms with Gasteiger partial charge < -0.3 is 19.7 Å². The Morgan fingerprint density at radius 2 is 1.49 bits per heavy atom. The second-order valence-corrected chi connectivity index (χ2v) is 11.8. The zero-order chi connectivity index (χ0) is 29.7. The molecule has 220 valence electrons. The minimum absolute atomic E-state index is 0.0518. The molecular weight excluding hydrogens is 542 g/mol. The minimum Gasteiger partial charge on any atom is -0.497 e. The zero-order valence-corrected chi connectivity index (χ0v) is 24.6. The molecule has 0 bridgehead atoms. The number of sulfonamides is 1. The predicted octanol–water partition coefficient (Wildman–Crippen LogP) is 5.20. The Morgan fingerprint density at radius 1 is 0.878 bits per heavy atom. The second kappa shape index (κ2) is 15.7. The summed E-state index contributed by atoms with van der Waals surface area (Å²) >= 11 is 0. The zero-order valence-electron chi connectivity index (χ0n) is 23.8. The van der Waals surface area contributed by atoms with E-state index in [1.165, 1.54) is 12.0 Å². The molecule has 1 atom stereocenters. The number of ether oxygens (including phenoxy) is 2. The summed E-state index contributed by atoms with van der Waals surface area (Å²) in [6.45, 7) is 4.10. The average molecular weight is 582 g/mol. The first-order chi connectivity index (χ1) is 19.6. The average Bonchev–Trinajstić information content (AvgIpc) is 2.96.